The molecular formula is C13H23NO4S2. The van der Waals surface area contributed by atoms with E-state index in [1.807, 2.05) is 13.8 Å². The summed E-state index contributed by atoms with van der Waals surface area (Å²) < 4.78 is 32.2. The summed E-state index contributed by atoms with van der Waals surface area (Å²) in [5.74, 6) is 0. The summed E-state index contributed by atoms with van der Waals surface area (Å²) >= 11 is 1.22. The molecule has 1 rings (SSSR count). The van der Waals surface area contributed by atoms with Crippen LogP contribution in [-0.2, 0) is 21.2 Å². The second-order valence-electron chi connectivity index (χ2n) is 4.56. The summed E-state index contributed by atoms with van der Waals surface area (Å²) in [7, 11) is -1.93. The van der Waals surface area contributed by atoms with Gasteiger partial charge in [0.15, 0.2) is 0 Å². The van der Waals surface area contributed by atoms with Crippen LogP contribution in [0.2, 0.25) is 0 Å². The van der Waals surface area contributed by atoms with Crippen molar-refractivity contribution >= 4 is 21.4 Å². The molecule has 0 aliphatic heterocycles. The van der Waals surface area contributed by atoms with Gasteiger partial charge in [0.2, 0.25) is 0 Å². The van der Waals surface area contributed by atoms with Crippen LogP contribution in [0.4, 0.5) is 0 Å². The number of sulfonamides is 1. The molecule has 1 heterocycles. The number of aliphatic hydroxyl groups is 1. The standard InChI is InChI=1S/C13H23NO4S2/c1-4-11(2)14(8-10-18-3)20(16,17)13-6-5-12(19-13)7-9-15/h5-6,11,15H,4,7-10H2,1-3H3. The molecule has 0 amide bonds. The van der Waals surface area contributed by atoms with Crippen molar-refractivity contribution in [2.45, 2.75) is 36.9 Å². The molecule has 0 saturated heterocycles. The van der Waals surface area contributed by atoms with Gasteiger partial charge >= 0.3 is 0 Å². The summed E-state index contributed by atoms with van der Waals surface area (Å²) in [6.45, 7) is 4.61. The van der Waals surface area contributed by atoms with Crippen molar-refractivity contribution in [3.05, 3.63) is 17.0 Å². The Labute approximate surface area is 125 Å². The molecule has 0 bridgehead atoms. The van der Waals surface area contributed by atoms with E-state index in [9.17, 15) is 8.42 Å². The fourth-order valence-corrected chi connectivity index (χ4v) is 4.98. The van der Waals surface area contributed by atoms with Gasteiger partial charge in [-0.2, -0.15) is 4.31 Å². The Bertz CT molecular complexity index is 498. The highest BCUT2D eigenvalue weighted by Gasteiger charge is 2.29. The molecule has 0 aliphatic rings. The number of methoxy groups -OCH3 is 1. The molecule has 0 aliphatic carbocycles. The van der Waals surface area contributed by atoms with Crippen LogP contribution < -0.4 is 0 Å². The summed E-state index contributed by atoms with van der Waals surface area (Å²) in [4.78, 5) is 0.877. The zero-order valence-corrected chi connectivity index (χ0v) is 13.8. The number of nitrogens with zero attached hydrogens (tertiary/aromatic N) is 1. The highest BCUT2D eigenvalue weighted by Crippen LogP contribution is 2.27. The van der Waals surface area contributed by atoms with Crippen molar-refractivity contribution in [3.8, 4) is 0 Å². The Morgan fingerprint density at radius 3 is 2.70 bits per heavy atom. The highest BCUT2D eigenvalue weighted by molar-refractivity contribution is 7.91. The number of aliphatic hydroxyl groups excluding tert-OH is 1. The van der Waals surface area contributed by atoms with Crippen LogP contribution in [0, 0.1) is 0 Å². The third-order valence-electron chi connectivity index (χ3n) is 3.16. The minimum absolute atomic E-state index is 0.0265. The van der Waals surface area contributed by atoms with Crippen molar-refractivity contribution < 1.29 is 18.3 Å². The van der Waals surface area contributed by atoms with Gasteiger partial charge in [0, 0.05) is 37.6 Å². The number of rotatable bonds is 9. The molecule has 0 fully saturated rings. The first kappa shape index (κ1) is 17.6. The van der Waals surface area contributed by atoms with Crippen LogP contribution in [0.5, 0.6) is 0 Å². The molecule has 1 N–H and O–H groups in total. The van der Waals surface area contributed by atoms with Gasteiger partial charge in [0.1, 0.15) is 4.21 Å². The molecule has 20 heavy (non-hydrogen) atoms. The van der Waals surface area contributed by atoms with E-state index in [4.69, 9.17) is 9.84 Å². The van der Waals surface area contributed by atoms with E-state index in [1.165, 1.54) is 15.6 Å². The lowest BCUT2D eigenvalue weighted by atomic mass is 10.3. The van der Waals surface area contributed by atoms with E-state index >= 15 is 0 Å². The Hall–Kier alpha value is -0.470. The lowest BCUT2D eigenvalue weighted by Crippen LogP contribution is -2.40. The maximum Gasteiger partial charge on any atom is 0.252 e. The first-order chi connectivity index (χ1) is 9.47. The SMILES string of the molecule is CCC(C)N(CCOC)S(=O)(=O)c1ccc(CCO)s1. The Morgan fingerprint density at radius 1 is 1.45 bits per heavy atom. The molecule has 1 aromatic rings. The zero-order valence-electron chi connectivity index (χ0n) is 12.2. The van der Waals surface area contributed by atoms with Gasteiger partial charge in [-0.3, -0.25) is 0 Å². The van der Waals surface area contributed by atoms with Crippen molar-refractivity contribution in [2.24, 2.45) is 0 Å². The van der Waals surface area contributed by atoms with E-state index < -0.39 is 10.0 Å². The van der Waals surface area contributed by atoms with Crippen LogP contribution in [0.15, 0.2) is 16.3 Å². The normalized spacial score (nSPS) is 13.8. The van der Waals surface area contributed by atoms with E-state index in [0.29, 0.717) is 23.8 Å². The summed E-state index contributed by atoms with van der Waals surface area (Å²) in [5, 5.41) is 8.91. The Morgan fingerprint density at radius 2 is 2.15 bits per heavy atom. The predicted octanol–water partition coefficient (Wildman–Crippen LogP) is 1.72. The minimum atomic E-state index is -3.49. The van der Waals surface area contributed by atoms with E-state index in [0.717, 1.165) is 11.3 Å². The fraction of sp³-hybridized carbons (Fsp3) is 0.692. The van der Waals surface area contributed by atoms with E-state index in [1.54, 1.807) is 19.2 Å². The number of hydrogen-bond acceptors (Lipinski definition) is 5. The minimum Gasteiger partial charge on any atom is -0.396 e. The lowest BCUT2D eigenvalue weighted by molar-refractivity contribution is 0.167. The third-order valence-corrected chi connectivity index (χ3v) is 6.78. The van der Waals surface area contributed by atoms with Crippen molar-refractivity contribution in [1.82, 2.24) is 4.31 Å². The first-order valence-electron chi connectivity index (χ1n) is 6.67. The summed E-state index contributed by atoms with van der Waals surface area (Å²) in [5.41, 5.74) is 0. The van der Waals surface area contributed by atoms with E-state index in [-0.39, 0.29) is 12.6 Å². The molecule has 1 aromatic heterocycles. The Kier molecular flexibility index (Phi) is 7.11. The van der Waals surface area contributed by atoms with E-state index in [2.05, 4.69) is 0 Å². The molecule has 5 nitrogen and oxygen atoms in total. The van der Waals surface area contributed by atoms with Gasteiger partial charge in [-0.25, -0.2) is 8.42 Å². The van der Waals surface area contributed by atoms with Gasteiger partial charge in [0.05, 0.1) is 6.61 Å². The van der Waals surface area contributed by atoms with Crippen molar-refractivity contribution in [2.75, 3.05) is 26.9 Å². The first-order valence-corrected chi connectivity index (χ1v) is 8.93. The van der Waals surface area contributed by atoms with Crippen LogP contribution in [0.3, 0.4) is 0 Å². The quantitative estimate of drug-likeness (QED) is 0.752. The molecular weight excluding hydrogens is 298 g/mol. The molecule has 7 heteroatoms. The third kappa shape index (κ3) is 4.26. The second-order valence-corrected chi connectivity index (χ2v) is 7.85. The molecule has 0 aromatic carbocycles. The zero-order chi connectivity index (χ0) is 15.2. The molecule has 0 radical (unpaired) electrons. The van der Waals surface area contributed by atoms with Crippen LogP contribution in [-0.4, -0.2) is 50.7 Å². The van der Waals surface area contributed by atoms with Gasteiger partial charge in [-0.15, -0.1) is 11.3 Å². The van der Waals surface area contributed by atoms with Crippen LogP contribution in [0.1, 0.15) is 25.1 Å². The highest BCUT2D eigenvalue weighted by atomic mass is 32.2. The van der Waals surface area contributed by atoms with Gasteiger partial charge < -0.3 is 9.84 Å². The molecule has 0 spiro atoms. The van der Waals surface area contributed by atoms with Gasteiger partial charge in [0.25, 0.3) is 10.0 Å². The van der Waals surface area contributed by atoms with Crippen LogP contribution >= 0.6 is 11.3 Å². The van der Waals surface area contributed by atoms with Gasteiger partial charge in [-0.05, 0) is 25.5 Å². The second kappa shape index (κ2) is 8.09. The molecule has 1 unspecified atom stereocenters. The molecule has 1 atom stereocenters. The summed E-state index contributed by atoms with van der Waals surface area (Å²) in [6.07, 6.45) is 1.24. The topological polar surface area (TPSA) is 66.8 Å². The maximum atomic E-state index is 12.7. The molecule has 116 valence electrons. The summed E-state index contributed by atoms with van der Waals surface area (Å²) in [6, 6.07) is 3.31. The number of hydrogen-bond donors (Lipinski definition) is 1. The average molecular weight is 321 g/mol. The smallest absolute Gasteiger partial charge is 0.252 e. The largest absolute Gasteiger partial charge is 0.396 e. The predicted molar refractivity (Wildman–Crippen MR) is 80.6 cm³/mol. The monoisotopic (exact) mass is 321 g/mol. The molecule has 0 saturated carbocycles. The number of ether oxygens (including phenoxy) is 1. The van der Waals surface area contributed by atoms with Crippen molar-refractivity contribution in [3.63, 3.8) is 0 Å². The Balaban J connectivity index is 3.01. The van der Waals surface area contributed by atoms with Gasteiger partial charge in [-0.1, -0.05) is 6.92 Å². The average Bonchev–Trinajstić information content (AvgIpc) is 2.88. The van der Waals surface area contributed by atoms with Crippen LogP contribution in [0.25, 0.3) is 0 Å². The lowest BCUT2D eigenvalue weighted by Gasteiger charge is -2.26. The maximum absolute atomic E-state index is 12.7. The fourth-order valence-electron chi connectivity index (χ4n) is 1.82. The van der Waals surface area contributed by atoms with Crippen molar-refractivity contribution in [1.29, 1.82) is 0 Å². The number of thiophene rings is 1.